The summed E-state index contributed by atoms with van der Waals surface area (Å²) >= 11 is 0. The largest absolute Gasteiger partial charge is 0.489 e. The second kappa shape index (κ2) is 7.20. The maximum absolute atomic E-state index is 12.4. The molecule has 29 heavy (non-hydrogen) atoms. The fraction of sp³-hybridized carbons (Fsp3) is 0.417. The predicted octanol–water partition coefficient (Wildman–Crippen LogP) is 4.52. The van der Waals surface area contributed by atoms with Gasteiger partial charge in [-0.2, -0.15) is 5.26 Å². The number of nitrogens with zero attached hydrogens (tertiary/aromatic N) is 1. The lowest BCUT2D eigenvalue weighted by atomic mass is 10.0. The molecule has 1 heterocycles. The molecule has 3 aliphatic rings. The standard InChI is InChI=1S/C24H24N2O3/c25-15-18-12-17(4-5-22(18)29-20-6-10-28-11-7-20)16-2-1-3-19(13-16)26-23(27)21-14-24(21)8-9-24/h1-5,12-13,20-21H,6-11,14H2,(H,26,27). The topological polar surface area (TPSA) is 71.4 Å². The molecule has 2 aromatic rings. The van der Waals surface area contributed by atoms with Crippen LogP contribution in [0.3, 0.4) is 0 Å². The Morgan fingerprint density at radius 3 is 2.66 bits per heavy atom. The lowest BCUT2D eigenvalue weighted by Crippen LogP contribution is -2.26. The summed E-state index contributed by atoms with van der Waals surface area (Å²) in [6, 6.07) is 15.8. The molecule has 1 N–H and O–H groups in total. The van der Waals surface area contributed by atoms with Crippen LogP contribution in [0.15, 0.2) is 42.5 Å². The first kappa shape index (κ1) is 18.2. The third-order valence-electron chi connectivity index (χ3n) is 6.42. The van der Waals surface area contributed by atoms with Crippen molar-refractivity contribution in [3.05, 3.63) is 48.0 Å². The highest BCUT2D eigenvalue weighted by Crippen LogP contribution is 2.70. The zero-order valence-electron chi connectivity index (χ0n) is 16.3. The van der Waals surface area contributed by atoms with Crippen molar-refractivity contribution < 1.29 is 14.3 Å². The van der Waals surface area contributed by atoms with Crippen LogP contribution in [0.25, 0.3) is 11.1 Å². The number of rotatable bonds is 5. The third-order valence-corrected chi connectivity index (χ3v) is 6.42. The Hall–Kier alpha value is -2.84. The second-order valence-corrected chi connectivity index (χ2v) is 8.44. The van der Waals surface area contributed by atoms with Gasteiger partial charge in [0.1, 0.15) is 17.9 Å². The van der Waals surface area contributed by atoms with Gasteiger partial charge in [0, 0.05) is 24.4 Å². The molecule has 0 radical (unpaired) electrons. The van der Waals surface area contributed by atoms with Gasteiger partial charge in [-0.1, -0.05) is 18.2 Å². The molecule has 2 aromatic carbocycles. The maximum Gasteiger partial charge on any atom is 0.228 e. The summed E-state index contributed by atoms with van der Waals surface area (Å²) in [5, 5.41) is 12.7. The minimum atomic E-state index is 0.0948. The molecular formula is C24H24N2O3. The fourth-order valence-corrected chi connectivity index (χ4v) is 4.31. The molecule has 1 saturated heterocycles. The quantitative estimate of drug-likeness (QED) is 0.817. The Balaban J connectivity index is 1.32. The van der Waals surface area contributed by atoms with Gasteiger partial charge in [0.15, 0.2) is 0 Å². The Bertz CT molecular complexity index is 984. The smallest absolute Gasteiger partial charge is 0.228 e. The van der Waals surface area contributed by atoms with E-state index in [1.165, 1.54) is 12.8 Å². The first-order valence-electron chi connectivity index (χ1n) is 10.4. The lowest BCUT2D eigenvalue weighted by Gasteiger charge is -2.23. The van der Waals surface area contributed by atoms with E-state index in [0.29, 0.717) is 29.9 Å². The molecule has 1 aliphatic heterocycles. The number of nitrogens with one attached hydrogen (secondary N) is 1. The Labute approximate surface area is 170 Å². The molecule has 5 rings (SSSR count). The van der Waals surface area contributed by atoms with Gasteiger partial charge in [0.2, 0.25) is 5.91 Å². The van der Waals surface area contributed by atoms with Crippen LogP contribution in [0.4, 0.5) is 5.69 Å². The van der Waals surface area contributed by atoms with Crippen LogP contribution in [0.1, 0.15) is 37.7 Å². The van der Waals surface area contributed by atoms with Crippen LogP contribution in [0.5, 0.6) is 5.75 Å². The van der Waals surface area contributed by atoms with E-state index in [9.17, 15) is 10.1 Å². The van der Waals surface area contributed by atoms with Gasteiger partial charge in [-0.15, -0.1) is 0 Å². The third kappa shape index (κ3) is 3.73. The van der Waals surface area contributed by atoms with E-state index in [0.717, 1.165) is 36.1 Å². The highest BCUT2D eigenvalue weighted by Gasteiger charge is 2.65. The SMILES string of the molecule is N#Cc1cc(-c2cccc(NC(=O)C3CC34CC4)c2)ccc1OC1CCOCC1. The van der Waals surface area contributed by atoms with Gasteiger partial charge >= 0.3 is 0 Å². The highest BCUT2D eigenvalue weighted by molar-refractivity contribution is 5.96. The number of ether oxygens (including phenoxy) is 2. The number of nitriles is 1. The minimum Gasteiger partial charge on any atom is -0.489 e. The average Bonchev–Trinajstić information content (AvgIpc) is 3.68. The zero-order chi connectivity index (χ0) is 19.8. The van der Waals surface area contributed by atoms with E-state index < -0.39 is 0 Å². The first-order valence-corrected chi connectivity index (χ1v) is 10.4. The molecule has 3 fully saturated rings. The van der Waals surface area contributed by atoms with Crippen molar-refractivity contribution in [2.45, 2.75) is 38.2 Å². The van der Waals surface area contributed by atoms with Gasteiger partial charge in [-0.25, -0.2) is 0 Å². The van der Waals surface area contributed by atoms with E-state index in [1.54, 1.807) is 0 Å². The van der Waals surface area contributed by atoms with E-state index in [1.807, 2.05) is 42.5 Å². The number of carbonyl (C=O) groups excluding carboxylic acids is 1. The van der Waals surface area contributed by atoms with Crippen LogP contribution in [-0.2, 0) is 9.53 Å². The van der Waals surface area contributed by atoms with Gasteiger partial charge < -0.3 is 14.8 Å². The van der Waals surface area contributed by atoms with E-state index >= 15 is 0 Å². The van der Waals surface area contributed by atoms with Crippen molar-refractivity contribution in [1.82, 2.24) is 0 Å². The van der Waals surface area contributed by atoms with E-state index in [-0.39, 0.29) is 17.9 Å². The molecule has 1 amide bonds. The summed E-state index contributed by atoms with van der Waals surface area (Å²) in [4.78, 5) is 12.4. The molecule has 1 unspecified atom stereocenters. The van der Waals surface area contributed by atoms with Crippen molar-refractivity contribution in [3.8, 4) is 22.9 Å². The Morgan fingerprint density at radius 1 is 1.14 bits per heavy atom. The van der Waals surface area contributed by atoms with Crippen molar-refractivity contribution in [2.24, 2.45) is 11.3 Å². The number of amides is 1. The molecule has 148 valence electrons. The molecule has 2 saturated carbocycles. The number of benzene rings is 2. The van der Waals surface area contributed by atoms with Crippen molar-refractivity contribution in [1.29, 1.82) is 5.26 Å². The molecule has 1 atom stereocenters. The van der Waals surface area contributed by atoms with Gasteiger partial charge in [0.05, 0.1) is 18.8 Å². The Kier molecular flexibility index (Phi) is 4.52. The molecule has 5 heteroatoms. The van der Waals surface area contributed by atoms with Crippen molar-refractivity contribution in [3.63, 3.8) is 0 Å². The molecule has 1 spiro atoms. The molecule has 5 nitrogen and oxygen atoms in total. The van der Waals surface area contributed by atoms with Crippen LogP contribution in [0.2, 0.25) is 0 Å². The fourth-order valence-electron chi connectivity index (χ4n) is 4.31. The molecule has 0 aromatic heterocycles. The summed E-state index contributed by atoms with van der Waals surface area (Å²) in [7, 11) is 0. The average molecular weight is 388 g/mol. The van der Waals surface area contributed by atoms with Gasteiger partial charge in [-0.3, -0.25) is 4.79 Å². The minimum absolute atomic E-state index is 0.0948. The molecule has 2 aliphatic carbocycles. The van der Waals surface area contributed by atoms with Crippen molar-refractivity contribution in [2.75, 3.05) is 18.5 Å². The summed E-state index contributed by atoms with van der Waals surface area (Å²) in [6.07, 6.45) is 5.22. The van der Waals surface area contributed by atoms with E-state index in [2.05, 4.69) is 11.4 Å². The van der Waals surface area contributed by atoms with Gasteiger partial charge in [-0.05, 0) is 60.1 Å². The number of anilines is 1. The first-order chi connectivity index (χ1) is 14.2. The number of hydrogen-bond donors (Lipinski definition) is 1. The lowest BCUT2D eigenvalue weighted by molar-refractivity contribution is -0.117. The Morgan fingerprint density at radius 2 is 1.93 bits per heavy atom. The normalized spacial score (nSPS) is 22.0. The highest BCUT2D eigenvalue weighted by atomic mass is 16.5. The zero-order valence-corrected chi connectivity index (χ0v) is 16.3. The van der Waals surface area contributed by atoms with Crippen LogP contribution in [0, 0.1) is 22.7 Å². The van der Waals surface area contributed by atoms with Crippen LogP contribution in [-0.4, -0.2) is 25.2 Å². The molecule has 0 bridgehead atoms. The number of hydrogen-bond acceptors (Lipinski definition) is 4. The summed E-state index contributed by atoms with van der Waals surface area (Å²) < 4.78 is 11.4. The van der Waals surface area contributed by atoms with Crippen LogP contribution < -0.4 is 10.1 Å². The number of carbonyl (C=O) groups is 1. The molecular weight excluding hydrogens is 364 g/mol. The summed E-state index contributed by atoms with van der Waals surface area (Å²) in [5.41, 5.74) is 3.58. The van der Waals surface area contributed by atoms with Crippen LogP contribution >= 0.6 is 0 Å². The van der Waals surface area contributed by atoms with Gasteiger partial charge in [0.25, 0.3) is 0 Å². The summed E-state index contributed by atoms with van der Waals surface area (Å²) in [6.45, 7) is 1.40. The second-order valence-electron chi connectivity index (χ2n) is 8.44. The van der Waals surface area contributed by atoms with E-state index in [4.69, 9.17) is 9.47 Å². The summed E-state index contributed by atoms with van der Waals surface area (Å²) in [5.74, 6) is 0.951. The van der Waals surface area contributed by atoms with Crippen molar-refractivity contribution >= 4 is 11.6 Å². The maximum atomic E-state index is 12.4. The predicted molar refractivity (Wildman–Crippen MR) is 109 cm³/mol. The monoisotopic (exact) mass is 388 g/mol.